The second-order valence-corrected chi connectivity index (χ2v) is 12.1. The lowest BCUT2D eigenvalue weighted by molar-refractivity contribution is -0.162. The number of carboxylic acid groups (broad SMARTS) is 1. The number of carbonyl (C=O) groups is 4. The van der Waals surface area contributed by atoms with Gasteiger partial charge in [-0.15, -0.1) is 34.9 Å². The van der Waals surface area contributed by atoms with Crippen molar-refractivity contribution in [1.29, 1.82) is 0 Å². The number of Topliss-reactive ketones (excluding diaryl/α,β-unsaturated/α-hetero) is 1. The molecule has 1 aromatic heterocycles. The Kier molecular flexibility index (Phi) is 10.2. The zero-order valence-electron chi connectivity index (χ0n) is 20.7. The number of carboxylic acids is 1. The largest absolute Gasteiger partial charge is 0.481 e. The van der Waals surface area contributed by atoms with E-state index in [-0.39, 0.29) is 17.3 Å². The molecule has 0 radical (unpaired) electrons. The number of ketones is 1. The number of benzene rings is 2. The van der Waals surface area contributed by atoms with E-state index >= 15 is 0 Å². The number of rotatable bonds is 11. The third kappa shape index (κ3) is 8.06. The van der Waals surface area contributed by atoms with Crippen LogP contribution in [0.4, 0.5) is 0 Å². The molecule has 0 spiro atoms. The number of thioether (sulfide) groups is 2. The van der Waals surface area contributed by atoms with Crippen LogP contribution >= 0.6 is 34.9 Å². The summed E-state index contributed by atoms with van der Waals surface area (Å²) < 4.78 is 5.17. The van der Waals surface area contributed by atoms with Gasteiger partial charge in [0.15, 0.2) is 5.78 Å². The number of aliphatic carboxylic acids is 1. The van der Waals surface area contributed by atoms with Crippen molar-refractivity contribution in [3.05, 3.63) is 82.0 Å². The summed E-state index contributed by atoms with van der Waals surface area (Å²) >= 11 is 3.97. The molecule has 2 unspecified atom stereocenters. The Morgan fingerprint density at radius 1 is 0.816 bits per heavy atom. The fourth-order valence-corrected chi connectivity index (χ4v) is 6.49. The molecule has 0 saturated heterocycles. The highest BCUT2D eigenvalue weighted by atomic mass is 32.2. The maximum absolute atomic E-state index is 12.9. The van der Waals surface area contributed by atoms with Crippen LogP contribution in [-0.4, -0.2) is 40.3 Å². The fraction of sp³-hybridized carbons (Fsp3) is 0.310. The molecule has 0 bridgehead atoms. The molecule has 1 saturated carbocycles. The minimum Gasteiger partial charge on any atom is -0.481 e. The molecule has 1 N–H and O–H groups in total. The molecule has 0 amide bonds. The maximum atomic E-state index is 12.9. The SMILES string of the molecule is O=C(O)CSc1ccc(Cc2ccc(SCC(=O)OC(=O)C3CCCCC3C(=O)c3cccs3)cc2)cc1. The van der Waals surface area contributed by atoms with Gasteiger partial charge in [-0.3, -0.25) is 19.2 Å². The minimum atomic E-state index is -0.837. The van der Waals surface area contributed by atoms with Crippen molar-refractivity contribution in [3.8, 4) is 0 Å². The van der Waals surface area contributed by atoms with E-state index in [0.29, 0.717) is 17.7 Å². The summed E-state index contributed by atoms with van der Waals surface area (Å²) in [5.74, 6) is -3.01. The Morgan fingerprint density at radius 2 is 1.39 bits per heavy atom. The van der Waals surface area contributed by atoms with Gasteiger partial charge in [0.1, 0.15) is 0 Å². The number of hydrogen-bond acceptors (Lipinski definition) is 8. The van der Waals surface area contributed by atoms with Gasteiger partial charge < -0.3 is 9.84 Å². The monoisotopic (exact) mass is 568 g/mol. The van der Waals surface area contributed by atoms with Crippen LogP contribution in [0.3, 0.4) is 0 Å². The Morgan fingerprint density at radius 3 is 1.95 bits per heavy atom. The van der Waals surface area contributed by atoms with E-state index < -0.39 is 29.7 Å². The number of hydrogen-bond donors (Lipinski definition) is 1. The predicted molar refractivity (Wildman–Crippen MR) is 150 cm³/mol. The summed E-state index contributed by atoms with van der Waals surface area (Å²) in [4.78, 5) is 51.2. The van der Waals surface area contributed by atoms with Crippen molar-refractivity contribution in [1.82, 2.24) is 0 Å². The first-order valence-electron chi connectivity index (χ1n) is 12.4. The Bertz CT molecular complexity index is 1250. The van der Waals surface area contributed by atoms with Crippen LogP contribution < -0.4 is 0 Å². The molecule has 38 heavy (non-hydrogen) atoms. The van der Waals surface area contributed by atoms with Crippen LogP contribution in [0.5, 0.6) is 0 Å². The van der Waals surface area contributed by atoms with Crippen LogP contribution in [0.25, 0.3) is 0 Å². The van der Waals surface area contributed by atoms with Crippen LogP contribution in [0.2, 0.25) is 0 Å². The third-order valence-electron chi connectivity index (χ3n) is 6.36. The molecule has 1 heterocycles. The highest BCUT2D eigenvalue weighted by Crippen LogP contribution is 2.34. The van der Waals surface area contributed by atoms with Crippen molar-refractivity contribution in [2.45, 2.75) is 41.9 Å². The second-order valence-electron chi connectivity index (χ2n) is 9.07. The molecular weight excluding hydrogens is 541 g/mol. The fourth-order valence-electron chi connectivity index (χ4n) is 4.48. The first-order chi connectivity index (χ1) is 18.4. The van der Waals surface area contributed by atoms with Crippen LogP contribution in [0, 0.1) is 11.8 Å². The third-order valence-corrected chi connectivity index (χ3v) is 9.22. The molecular formula is C29H28O6S3. The lowest BCUT2D eigenvalue weighted by Gasteiger charge is -2.28. The topological polar surface area (TPSA) is 97.7 Å². The lowest BCUT2D eigenvalue weighted by Crippen LogP contribution is -2.35. The van der Waals surface area contributed by atoms with Crippen LogP contribution in [0.1, 0.15) is 46.5 Å². The maximum Gasteiger partial charge on any atom is 0.323 e. The summed E-state index contributed by atoms with van der Waals surface area (Å²) in [5, 5.41) is 10.6. The Hall–Kier alpha value is -2.88. The van der Waals surface area contributed by atoms with E-state index in [4.69, 9.17) is 9.84 Å². The van der Waals surface area contributed by atoms with Gasteiger partial charge in [0.2, 0.25) is 0 Å². The molecule has 6 nitrogen and oxygen atoms in total. The Labute approximate surface area is 234 Å². The standard InChI is InChI=1S/C29H28O6S3/c30-26(31)17-37-21-11-7-19(8-12-21)16-20-9-13-22(14-10-20)38-18-27(32)35-29(34)24-5-2-1-4-23(24)28(33)25-6-3-15-36-25/h3,6-15,23-24H,1-2,4-5,16-18H2,(H,30,31). The van der Waals surface area contributed by atoms with Crippen molar-refractivity contribution >= 4 is 58.6 Å². The summed E-state index contributed by atoms with van der Waals surface area (Å²) in [6.45, 7) is 0. The molecule has 2 aromatic carbocycles. The van der Waals surface area contributed by atoms with Gasteiger partial charge in [-0.25, -0.2) is 0 Å². The van der Waals surface area contributed by atoms with E-state index in [1.165, 1.54) is 34.9 Å². The van der Waals surface area contributed by atoms with E-state index in [0.717, 1.165) is 40.2 Å². The van der Waals surface area contributed by atoms with Crippen molar-refractivity contribution in [2.75, 3.05) is 11.5 Å². The van der Waals surface area contributed by atoms with Crippen LogP contribution in [0.15, 0.2) is 75.8 Å². The van der Waals surface area contributed by atoms with Gasteiger partial charge in [0, 0.05) is 15.7 Å². The molecule has 3 aromatic rings. The molecule has 2 atom stereocenters. The van der Waals surface area contributed by atoms with Gasteiger partial charge in [-0.05, 0) is 66.1 Å². The van der Waals surface area contributed by atoms with Crippen molar-refractivity contribution < 1.29 is 29.0 Å². The van der Waals surface area contributed by atoms with Gasteiger partial charge in [0.25, 0.3) is 0 Å². The van der Waals surface area contributed by atoms with E-state index in [9.17, 15) is 19.2 Å². The van der Waals surface area contributed by atoms with Gasteiger partial charge >= 0.3 is 17.9 Å². The highest BCUT2D eigenvalue weighted by molar-refractivity contribution is 8.00. The quantitative estimate of drug-likeness (QED) is 0.123. The molecule has 0 aliphatic heterocycles. The first kappa shape index (κ1) is 28.1. The number of esters is 2. The number of carbonyl (C=O) groups excluding carboxylic acids is 3. The van der Waals surface area contributed by atoms with E-state index in [1.54, 1.807) is 6.07 Å². The average Bonchev–Trinajstić information content (AvgIpc) is 3.47. The summed E-state index contributed by atoms with van der Waals surface area (Å²) in [6.07, 6.45) is 3.67. The zero-order valence-corrected chi connectivity index (χ0v) is 23.1. The average molecular weight is 569 g/mol. The lowest BCUT2D eigenvalue weighted by atomic mass is 9.76. The summed E-state index contributed by atoms with van der Waals surface area (Å²) in [7, 11) is 0. The van der Waals surface area contributed by atoms with Crippen molar-refractivity contribution in [2.24, 2.45) is 11.8 Å². The summed E-state index contributed by atoms with van der Waals surface area (Å²) in [6, 6.07) is 19.3. The molecule has 198 valence electrons. The zero-order chi connectivity index (χ0) is 26.9. The molecule has 1 aliphatic rings. The minimum absolute atomic E-state index is 0.0107. The molecule has 1 aliphatic carbocycles. The molecule has 4 rings (SSSR count). The van der Waals surface area contributed by atoms with Gasteiger partial charge in [0.05, 0.1) is 22.3 Å². The smallest absolute Gasteiger partial charge is 0.323 e. The summed E-state index contributed by atoms with van der Waals surface area (Å²) in [5.41, 5.74) is 2.22. The highest BCUT2D eigenvalue weighted by Gasteiger charge is 2.38. The van der Waals surface area contributed by atoms with Gasteiger partial charge in [-0.1, -0.05) is 43.2 Å². The normalized spacial score (nSPS) is 17.1. The second kappa shape index (κ2) is 13.8. The van der Waals surface area contributed by atoms with Crippen LogP contribution in [-0.2, 0) is 25.5 Å². The number of ether oxygens (including phenoxy) is 1. The number of thiophene rings is 1. The van der Waals surface area contributed by atoms with E-state index in [2.05, 4.69) is 0 Å². The predicted octanol–water partition coefficient (Wildman–Crippen LogP) is 6.37. The van der Waals surface area contributed by atoms with Crippen molar-refractivity contribution in [3.63, 3.8) is 0 Å². The van der Waals surface area contributed by atoms with E-state index in [1.807, 2.05) is 60.0 Å². The van der Waals surface area contributed by atoms with Gasteiger partial charge in [-0.2, -0.15) is 0 Å². The Balaban J connectivity index is 1.24. The molecule has 9 heteroatoms. The molecule has 1 fully saturated rings. The first-order valence-corrected chi connectivity index (χ1v) is 15.2.